The molecule has 19 heavy (non-hydrogen) atoms. The van der Waals surface area contributed by atoms with Gasteiger partial charge in [0.25, 0.3) is 0 Å². The van der Waals surface area contributed by atoms with Crippen LogP contribution < -0.4 is 10.5 Å². The Morgan fingerprint density at radius 1 is 1.42 bits per heavy atom. The van der Waals surface area contributed by atoms with Gasteiger partial charge in [-0.05, 0) is 12.1 Å². The van der Waals surface area contributed by atoms with Gasteiger partial charge >= 0.3 is 0 Å². The van der Waals surface area contributed by atoms with Crippen molar-refractivity contribution in [2.24, 2.45) is 7.05 Å². The number of benzene rings is 1. The smallest absolute Gasteiger partial charge is 0.145 e. The van der Waals surface area contributed by atoms with Crippen molar-refractivity contribution in [2.45, 2.75) is 0 Å². The summed E-state index contributed by atoms with van der Waals surface area (Å²) in [4.78, 5) is 0. The number of nitrogens with one attached hydrogen (secondary N) is 1. The number of aryl methyl sites for hydroxylation is 1. The molecule has 0 aliphatic heterocycles. The SMILES string of the molecule is COc1ccc(Cl)c2c(-c3cc(N)n[nH]3)cn(C)c12. The number of anilines is 1. The molecule has 0 fully saturated rings. The van der Waals surface area contributed by atoms with Gasteiger partial charge in [0.2, 0.25) is 0 Å². The van der Waals surface area contributed by atoms with E-state index in [1.807, 2.05) is 29.9 Å². The molecule has 0 saturated heterocycles. The van der Waals surface area contributed by atoms with Gasteiger partial charge in [0.15, 0.2) is 0 Å². The van der Waals surface area contributed by atoms with Crippen LogP contribution in [-0.4, -0.2) is 21.9 Å². The Hall–Kier alpha value is -2.14. The maximum absolute atomic E-state index is 6.33. The van der Waals surface area contributed by atoms with Gasteiger partial charge in [-0.25, -0.2) is 0 Å². The molecule has 5 nitrogen and oxygen atoms in total. The van der Waals surface area contributed by atoms with E-state index in [0.717, 1.165) is 27.9 Å². The average Bonchev–Trinajstić information content (AvgIpc) is 2.95. The number of halogens is 1. The van der Waals surface area contributed by atoms with Crippen molar-refractivity contribution in [2.75, 3.05) is 12.8 Å². The normalized spacial score (nSPS) is 11.1. The molecule has 0 radical (unpaired) electrons. The number of hydrogen-bond acceptors (Lipinski definition) is 3. The second kappa shape index (κ2) is 4.20. The Kier molecular flexibility index (Phi) is 2.64. The predicted molar refractivity (Wildman–Crippen MR) is 76.5 cm³/mol. The highest BCUT2D eigenvalue weighted by molar-refractivity contribution is 6.37. The zero-order valence-electron chi connectivity index (χ0n) is 10.6. The molecule has 6 heteroatoms. The number of fused-ring (bicyclic) bond motifs is 1. The Labute approximate surface area is 114 Å². The van der Waals surface area contributed by atoms with E-state index in [1.54, 1.807) is 13.2 Å². The molecule has 0 amide bonds. The summed E-state index contributed by atoms with van der Waals surface area (Å²) in [7, 11) is 3.59. The van der Waals surface area contributed by atoms with Crippen LogP contribution in [0, 0.1) is 0 Å². The molecule has 0 bridgehead atoms. The molecule has 2 heterocycles. The average molecular weight is 277 g/mol. The van der Waals surface area contributed by atoms with E-state index in [1.165, 1.54) is 0 Å². The van der Waals surface area contributed by atoms with Crippen LogP contribution in [0.15, 0.2) is 24.4 Å². The lowest BCUT2D eigenvalue weighted by molar-refractivity contribution is 0.418. The van der Waals surface area contributed by atoms with Crippen LogP contribution in [0.2, 0.25) is 5.02 Å². The fourth-order valence-corrected chi connectivity index (χ4v) is 2.57. The molecule has 2 aromatic heterocycles. The minimum atomic E-state index is 0.450. The van der Waals surface area contributed by atoms with Crippen molar-refractivity contribution in [3.63, 3.8) is 0 Å². The van der Waals surface area contributed by atoms with Crippen LogP contribution in [-0.2, 0) is 7.05 Å². The van der Waals surface area contributed by atoms with E-state index in [0.29, 0.717) is 10.8 Å². The van der Waals surface area contributed by atoms with Crippen molar-refractivity contribution in [3.8, 4) is 17.0 Å². The van der Waals surface area contributed by atoms with Gasteiger partial charge < -0.3 is 15.0 Å². The van der Waals surface area contributed by atoms with Gasteiger partial charge in [0, 0.05) is 30.3 Å². The van der Waals surface area contributed by atoms with Crippen molar-refractivity contribution in [1.82, 2.24) is 14.8 Å². The fraction of sp³-hybridized carbons (Fsp3) is 0.154. The Morgan fingerprint density at radius 3 is 2.84 bits per heavy atom. The summed E-state index contributed by atoms with van der Waals surface area (Å²) in [6.45, 7) is 0. The number of ether oxygens (including phenoxy) is 1. The second-order valence-corrected chi connectivity index (χ2v) is 4.74. The first kappa shape index (κ1) is 11.9. The molecule has 3 N–H and O–H groups in total. The fourth-order valence-electron chi connectivity index (χ4n) is 2.32. The number of aromatic amines is 1. The summed E-state index contributed by atoms with van der Waals surface area (Å²) in [6, 6.07) is 5.46. The monoisotopic (exact) mass is 276 g/mol. The van der Waals surface area contributed by atoms with Gasteiger partial charge in [-0.2, -0.15) is 5.10 Å². The summed E-state index contributed by atoms with van der Waals surface area (Å²) < 4.78 is 7.37. The maximum atomic E-state index is 6.33. The van der Waals surface area contributed by atoms with E-state index in [-0.39, 0.29) is 0 Å². The molecule has 98 valence electrons. The van der Waals surface area contributed by atoms with Crippen molar-refractivity contribution >= 4 is 28.3 Å². The maximum Gasteiger partial charge on any atom is 0.145 e. The first-order valence-electron chi connectivity index (χ1n) is 5.74. The third kappa shape index (κ3) is 1.74. The lowest BCUT2D eigenvalue weighted by Gasteiger charge is -2.05. The molecule has 0 atom stereocenters. The van der Waals surface area contributed by atoms with Crippen LogP contribution in [0.5, 0.6) is 5.75 Å². The third-order valence-corrected chi connectivity index (χ3v) is 3.46. The van der Waals surface area contributed by atoms with Crippen molar-refractivity contribution in [1.29, 1.82) is 0 Å². The molecule has 0 saturated carbocycles. The highest BCUT2D eigenvalue weighted by atomic mass is 35.5. The molecule has 0 spiro atoms. The van der Waals surface area contributed by atoms with E-state index >= 15 is 0 Å². The number of hydrogen-bond donors (Lipinski definition) is 2. The lowest BCUT2D eigenvalue weighted by atomic mass is 10.1. The van der Waals surface area contributed by atoms with Crippen LogP contribution in [0.3, 0.4) is 0 Å². The number of nitrogens with two attached hydrogens (primary N) is 1. The van der Waals surface area contributed by atoms with E-state index < -0.39 is 0 Å². The zero-order chi connectivity index (χ0) is 13.6. The largest absolute Gasteiger partial charge is 0.495 e. The number of rotatable bonds is 2. The molecular weight excluding hydrogens is 264 g/mol. The van der Waals surface area contributed by atoms with E-state index in [2.05, 4.69) is 10.2 Å². The molecule has 0 aliphatic carbocycles. The number of nitrogens with zero attached hydrogens (tertiary/aromatic N) is 2. The third-order valence-electron chi connectivity index (χ3n) is 3.14. The van der Waals surface area contributed by atoms with Gasteiger partial charge in [0.1, 0.15) is 11.6 Å². The summed E-state index contributed by atoms with van der Waals surface area (Å²) in [6.07, 6.45) is 1.98. The summed E-state index contributed by atoms with van der Waals surface area (Å²) in [5, 5.41) is 8.44. The number of aromatic nitrogens is 3. The Morgan fingerprint density at radius 2 is 2.21 bits per heavy atom. The van der Waals surface area contributed by atoms with Crippen LogP contribution in [0.25, 0.3) is 22.2 Å². The number of methoxy groups -OCH3 is 1. The van der Waals surface area contributed by atoms with Crippen molar-refractivity contribution < 1.29 is 4.74 Å². The van der Waals surface area contributed by atoms with E-state index in [4.69, 9.17) is 22.1 Å². The quantitative estimate of drug-likeness (QED) is 0.756. The Bertz CT molecular complexity index is 759. The highest BCUT2D eigenvalue weighted by Gasteiger charge is 2.16. The second-order valence-electron chi connectivity index (χ2n) is 4.33. The summed E-state index contributed by atoms with van der Waals surface area (Å²) >= 11 is 6.33. The Balaban J connectivity index is 2.38. The number of nitrogen functional groups attached to an aromatic ring is 1. The minimum Gasteiger partial charge on any atom is -0.495 e. The number of H-pyrrole nitrogens is 1. The summed E-state index contributed by atoms with van der Waals surface area (Å²) in [5.74, 6) is 1.23. The molecule has 1 aromatic carbocycles. The summed E-state index contributed by atoms with van der Waals surface area (Å²) in [5.41, 5.74) is 8.38. The molecule has 3 rings (SSSR count). The van der Waals surface area contributed by atoms with Gasteiger partial charge in [-0.15, -0.1) is 0 Å². The zero-order valence-corrected chi connectivity index (χ0v) is 11.3. The molecule has 0 aliphatic rings. The lowest BCUT2D eigenvalue weighted by Crippen LogP contribution is -1.90. The van der Waals surface area contributed by atoms with E-state index in [9.17, 15) is 0 Å². The standard InChI is InChI=1S/C13H13ClN4O/c1-18-6-7(9-5-11(15)17-16-9)12-8(14)3-4-10(19-2)13(12)18/h3-6H,1-2H3,(H3,15,16,17). The van der Waals surface area contributed by atoms with Crippen molar-refractivity contribution in [3.05, 3.63) is 29.4 Å². The molecule has 0 unspecified atom stereocenters. The van der Waals surface area contributed by atoms with Gasteiger partial charge in [-0.3, -0.25) is 5.10 Å². The van der Waals surface area contributed by atoms with Crippen LogP contribution in [0.4, 0.5) is 5.82 Å². The topological polar surface area (TPSA) is 68.9 Å². The predicted octanol–water partition coefficient (Wildman–Crippen LogP) is 2.81. The molecule has 3 aromatic rings. The minimum absolute atomic E-state index is 0.450. The van der Waals surface area contributed by atoms with Gasteiger partial charge in [-0.1, -0.05) is 11.6 Å². The van der Waals surface area contributed by atoms with Crippen LogP contribution >= 0.6 is 11.6 Å². The van der Waals surface area contributed by atoms with Gasteiger partial charge in [0.05, 0.1) is 23.3 Å². The van der Waals surface area contributed by atoms with Crippen LogP contribution in [0.1, 0.15) is 0 Å². The highest BCUT2D eigenvalue weighted by Crippen LogP contribution is 2.39. The first-order valence-corrected chi connectivity index (χ1v) is 6.12. The first-order chi connectivity index (χ1) is 9.11. The molecular formula is C13H13ClN4O.